The maximum atomic E-state index is 5.11. The van der Waals surface area contributed by atoms with Crippen molar-refractivity contribution >= 4 is 34.2 Å². The Bertz CT molecular complexity index is 391. The average Bonchev–Trinajstić information content (AvgIpc) is 2.18. The highest BCUT2D eigenvalue weighted by atomic mass is 79.9. The zero-order chi connectivity index (χ0) is 11.1. The summed E-state index contributed by atoms with van der Waals surface area (Å²) in [5, 5.41) is 7.14. The Balaban J connectivity index is 2.69. The van der Waals surface area contributed by atoms with Crippen molar-refractivity contribution in [3.05, 3.63) is 40.4 Å². The largest absolute Gasteiger partial charge is 0.369 e. The first-order valence-electron chi connectivity index (χ1n) is 4.22. The van der Waals surface area contributed by atoms with E-state index in [1.807, 2.05) is 36.4 Å². The normalized spacial score (nSPS) is 11.7. The fourth-order valence-electron chi connectivity index (χ4n) is 0.896. The third kappa shape index (κ3) is 4.97. The van der Waals surface area contributed by atoms with Crippen molar-refractivity contribution in [3.8, 4) is 0 Å². The molecule has 0 amide bonds. The summed E-state index contributed by atoms with van der Waals surface area (Å²) >= 11 is 3.33. The van der Waals surface area contributed by atoms with Crippen molar-refractivity contribution in [2.24, 2.45) is 21.7 Å². The molecular formula is C10H11BrN4. The van der Waals surface area contributed by atoms with Crippen molar-refractivity contribution in [2.45, 2.75) is 0 Å². The predicted octanol–water partition coefficient (Wildman–Crippen LogP) is 1.68. The lowest BCUT2D eigenvalue weighted by Crippen LogP contribution is -2.21. The van der Waals surface area contributed by atoms with E-state index in [4.69, 9.17) is 11.5 Å². The van der Waals surface area contributed by atoms with Crippen LogP contribution in [0.4, 0.5) is 0 Å². The van der Waals surface area contributed by atoms with E-state index in [9.17, 15) is 0 Å². The molecule has 0 radical (unpaired) electrons. The molecule has 1 aromatic rings. The zero-order valence-corrected chi connectivity index (χ0v) is 9.55. The monoisotopic (exact) mass is 266 g/mol. The molecule has 15 heavy (non-hydrogen) atoms. The lowest BCUT2D eigenvalue weighted by Gasteiger charge is -1.91. The zero-order valence-electron chi connectivity index (χ0n) is 7.97. The van der Waals surface area contributed by atoms with Crippen LogP contribution in [0.25, 0.3) is 6.08 Å². The highest BCUT2D eigenvalue weighted by Gasteiger charge is 1.88. The molecule has 5 heteroatoms. The summed E-state index contributed by atoms with van der Waals surface area (Å²) in [7, 11) is 0. The van der Waals surface area contributed by atoms with Gasteiger partial charge in [0.1, 0.15) is 0 Å². The van der Waals surface area contributed by atoms with Gasteiger partial charge in [-0.15, -0.1) is 5.10 Å². The van der Waals surface area contributed by atoms with Crippen LogP contribution in [0.15, 0.2) is 45.0 Å². The lowest BCUT2D eigenvalue weighted by molar-refractivity contribution is 1.22. The molecule has 78 valence electrons. The summed E-state index contributed by atoms with van der Waals surface area (Å²) in [4.78, 5) is 0. The van der Waals surface area contributed by atoms with Gasteiger partial charge in [0.25, 0.3) is 0 Å². The van der Waals surface area contributed by atoms with Gasteiger partial charge in [0.05, 0.1) is 6.21 Å². The predicted molar refractivity (Wildman–Crippen MR) is 67.6 cm³/mol. The summed E-state index contributed by atoms with van der Waals surface area (Å²) in [5.74, 6) is -0.0636. The van der Waals surface area contributed by atoms with Crippen molar-refractivity contribution < 1.29 is 0 Å². The number of nitrogens with two attached hydrogens (primary N) is 2. The van der Waals surface area contributed by atoms with E-state index in [1.165, 1.54) is 6.21 Å². The van der Waals surface area contributed by atoms with Gasteiger partial charge in [0, 0.05) is 4.48 Å². The quantitative estimate of drug-likeness (QED) is 0.496. The molecule has 0 heterocycles. The number of nitrogens with zero attached hydrogens (tertiary/aromatic N) is 2. The van der Waals surface area contributed by atoms with Crippen LogP contribution < -0.4 is 11.5 Å². The molecule has 0 saturated heterocycles. The summed E-state index contributed by atoms with van der Waals surface area (Å²) < 4.78 is 0.790. The molecule has 0 atom stereocenters. The SMILES string of the molecule is NC(N)=N/N=C/C(Br)=C\c1ccccc1. The number of hydrogen-bond donors (Lipinski definition) is 2. The first kappa shape index (κ1) is 11.5. The highest BCUT2D eigenvalue weighted by molar-refractivity contribution is 9.12. The molecule has 1 aromatic carbocycles. The smallest absolute Gasteiger partial charge is 0.211 e. The number of rotatable bonds is 3. The molecule has 0 aromatic heterocycles. The summed E-state index contributed by atoms with van der Waals surface area (Å²) in [6, 6.07) is 9.84. The maximum absolute atomic E-state index is 5.11. The van der Waals surface area contributed by atoms with Gasteiger partial charge in [0.15, 0.2) is 0 Å². The van der Waals surface area contributed by atoms with Crippen molar-refractivity contribution in [1.82, 2.24) is 0 Å². The number of benzene rings is 1. The first-order chi connectivity index (χ1) is 7.18. The minimum atomic E-state index is -0.0636. The molecule has 0 unspecified atom stereocenters. The van der Waals surface area contributed by atoms with Crippen LogP contribution in [0.3, 0.4) is 0 Å². The molecule has 0 aliphatic heterocycles. The Hall–Kier alpha value is -1.62. The second-order valence-corrected chi connectivity index (χ2v) is 3.63. The van der Waals surface area contributed by atoms with Crippen LogP contribution in [0.1, 0.15) is 5.56 Å². The van der Waals surface area contributed by atoms with Gasteiger partial charge in [-0.1, -0.05) is 30.3 Å². The molecule has 4 N–H and O–H groups in total. The highest BCUT2D eigenvalue weighted by Crippen LogP contribution is 2.09. The van der Waals surface area contributed by atoms with Gasteiger partial charge in [-0.05, 0) is 27.6 Å². The summed E-state index contributed by atoms with van der Waals surface area (Å²) in [6.07, 6.45) is 3.43. The Morgan fingerprint density at radius 1 is 1.20 bits per heavy atom. The van der Waals surface area contributed by atoms with Crippen LogP contribution >= 0.6 is 15.9 Å². The molecular weight excluding hydrogens is 256 g/mol. The van der Waals surface area contributed by atoms with Gasteiger partial charge >= 0.3 is 0 Å². The van der Waals surface area contributed by atoms with E-state index in [0.717, 1.165) is 10.0 Å². The summed E-state index contributed by atoms with van der Waals surface area (Å²) in [5.41, 5.74) is 11.3. The fraction of sp³-hybridized carbons (Fsp3) is 0. The van der Waals surface area contributed by atoms with Crippen LogP contribution in [0.2, 0.25) is 0 Å². The van der Waals surface area contributed by atoms with Gasteiger partial charge in [-0.3, -0.25) is 0 Å². The molecule has 0 fully saturated rings. The van der Waals surface area contributed by atoms with E-state index >= 15 is 0 Å². The van der Waals surface area contributed by atoms with E-state index < -0.39 is 0 Å². The maximum Gasteiger partial charge on any atom is 0.211 e. The summed E-state index contributed by atoms with van der Waals surface area (Å²) in [6.45, 7) is 0. The standard InChI is InChI=1S/C10H11BrN4/c11-9(7-14-15-10(12)13)6-8-4-2-1-3-5-8/h1-7H,(H4,12,13,15)/b9-6+,14-7+. The van der Waals surface area contributed by atoms with Crippen molar-refractivity contribution in [1.29, 1.82) is 0 Å². The van der Waals surface area contributed by atoms with E-state index in [-0.39, 0.29) is 5.96 Å². The van der Waals surface area contributed by atoms with Crippen LogP contribution in [-0.4, -0.2) is 12.2 Å². The Labute approximate surface area is 96.5 Å². The Morgan fingerprint density at radius 2 is 1.87 bits per heavy atom. The molecule has 0 spiro atoms. The Morgan fingerprint density at radius 3 is 2.47 bits per heavy atom. The second-order valence-electron chi connectivity index (χ2n) is 2.71. The average molecular weight is 267 g/mol. The van der Waals surface area contributed by atoms with Crippen LogP contribution in [0.5, 0.6) is 0 Å². The number of guanidine groups is 1. The molecule has 1 rings (SSSR count). The fourth-order valence-corrected chi connectivity index (χ4v) is 1.25. The molecule has 0 aliphatic rings. The molecule has 0 bridgehead atoms. The number of allylic oxidation sites excluding steroid dienone is 1. The van der Waals surface area contributed by atoms with Crippen LogP contribution in [0, 0.1) is 0 Å². The van der Waals surface area contributed by atoms with E-state index in [0.29, 0.717) is 0 Å². The minimum absolute atomic E-state index is 0.0636. The van der Waals surface area contributed by atoms with Crippen molar-refractivity contribution in [2.75, 3.05) is 0 Å². The van der Waals surface area contributed by atoms with E-state index in [1.54, 1.807) is 0 Å². The molecule has 4 nitrogen and oxygen atoms in total. The third-order valence-electron chi connectivity index (χ3n) is 1.46. The number of hydrogen-bond acceptors (Lipinski definition) is 2. The topological polar surface area (TPSA) is 76.8 Å². The van der Waals surface area contributed by atoms with Crippen LogP contribution in [-0.2, 0) is 0 Å². The van der Waals surface area contributed by atoms with Gasteiger partial charge < -0.3 is 11.5 Å². The molecule has 0 aliphatic carbocycles. The second kappa shape index (κ2) is 5.98. The van der Waals surface area contributed by atoms with Gasteiger partial charge in [-0.25, -0.2) is 0 Å². The molecule has 0 saturated carbocycles. The lowest BCUT2D eigenvalue weighted by atomic mass is 10.2. The van der Waals surface area contributed by atoms with Crippen molar-refractivity contribution in [3.63, 3.8) is 0 Å². The first-order valence-corrected chi connectivity index (χ1v) is 5.02. The van der Waals surface area contributed by atoms with Gasteiger partial charge in [0.2, 0.25) is 5.96 Å². The van der Waals surface area contributed by atoms with Gasteiger partial charge in [-0.2, -0.15) is 5.10 Å². The minimum Gasteiger partial charge on any atom is -0.369 e. The van der Waals surface area contributed by atoms with E-state index in [2.05, 4.69) is 26.1 Å². The number of halogens is 1. The Kier molecular flexibility index (Phi) is 4.56. The third-order valence-corrected chi connectivity index (χ3v) is 1.89.